The second kappa shape index (κ2) is 3.50. The molecule has 0 aliphatic rings. The minimum absolute atomic E-state index is 0.210. The van der Waals surface area contributed by atoms with E-state index in [2.05, 4.69) is 4.98 Å². The summed E-state index contributed by atoms with van der Waals surface area (Å²) >= 11 is 0. The van der Waals surface area contributed by atoms with Crippen LogP contribution < -0.4 is 0 Å². The van der Waals surface area contributed by atoms with Gasteiger partial charge < -0.3 is 5.11 Å². The van der Waals surface area contributed by atoms with Crippen LogP contribution in [0.1, 0.15) is 5.56 Å². The summed E-state index contributed by atoms with van der Waals surface area (Å²) in [6.07, 6.45) is 1.47. The van der Waals surface area contributed by atoms with Crippen molar-refractivity contribution in [3.63, 3.8) is 0 Å². The van der Waals surface area contributed by atoms with Crippen molar-refractivity contribution >= 4 is 0 Å². The highest BCUT2D eigenvalue weighted by Crippen LogP contribution is 2.22. The number of pyridine rings is 1. The van der Waals surface area contributed by atoms with Gasteiger partial charge in [-0.1, -0.05) is 30.3 Å². The van der Waals surface area contributed by atoms with Crippen LogP contribution in [0.4, 0.5) is 0 Å². The van der Waals surface area contributed by atoms with Crippen LogP contribution in [0.25, 0.3) is 11.3 Å². The lowest BCUT2D eigenvalue weighted by Gasteiger charge is -2.04. The SMILES string of the molecule is Cc1cc(O)cnc1-c1ccccc1. The highest BCUT2D eigenvalue weighted by molar-refractivity contribution is 5.63. The predicted octanol–water partition coefficient (Wildman–Crippen LogP) is 2.76. The van der Waals surface area contributed by atoms with E-state index >= 15 is 0 Å². The van der Waals surface area contributed by atoms with E-state index in [9.17, 15) is 5.11 Å². The highest BCUT2D eigenvalue weighted by atomic mass is 16.3. The summed E-state index contributed by atoms with van der Waals surface area (Å²) in [5.74, 6) is 0.210. The summed E-state index contributed by atoms with van der Waals surface area (Å²) < 4.78 is 0. The van der Waals surface area contributed by atoms with Gasteiger partial charge in [-0.3, -0.25) is 4.98 Å². The molecule has 0 amide bonds. The van der Waals surface area contributed by atoms with Crippen molar-refractivity contribution in [2.45, 2.75) is 6.92 Å². The van der Waals surface area contributed by atoms with Gasteiger partial charge in [0.1, 0.15) is 5.75 Å². The summed E-state index contributed by atoms with van der Waals surface area (Å²) in [5, 5.41) is 9.22. The minimum atomic E-state index is 0.210. The topological polar surface area (TPSA) is 33.1 Å². The van der Waals surface area contributed by atoms with E-state index in [1.807, 2.05) is 37.3 Å². The molecule has 0 saturated heterocycles. The van der Waals surface area contributed by atoms with Crippen molar-refractivity contribution in [1.82, 2.24) is 4.98 Å². The van der Waals surface area contributed by atoms with Crippen LogP contribution in [0, 0.1) is 6.92 Å². The molecule has 1 aromatic carbocycles. The number of aromatic hydroxyl groups is 1. The Kier molecular flexibility index (Phi) is 2.19. The number of hydrogen-bond acceptors (Lipinski definition) is 2. The summed E-state index contributed by atoms with van der Waals surface area (Å²) in [5.41, 5.74) is 2.98. The van der Waals surface area contributed by atoms with Gasteiger partial charge in [-0.05, 0) is 18.6 Å². The van der Waals surface area contributed by atoms with Crippen LogP contribution in [0.5, 0.6) is 5.75 Å². The van der Waals surface area contributed by atoms with Crippen LogP contribution >= 0.6 is 0 Å². The fourth-order valence-corrected chi connectivity index (χ4v) is 1.46. The first-order valence-corrected chi connectivity index (χ1v) is 4.48. The molecule has 70 valence electrons. The fraction of sp³-hybridized carbons (Fsp3) is 0.0833. The monoisotopic (exact) mass is 185 g/mol. The molecular formula is C12H11NO. The lowest BCUT2D eigenvalue weighted by molar-refractivity contribution is 0.472. The quantitative estimate of drug-likeness (QED) is 0.741. The van der Waals surface area contributed by atoms with Crippen LogP contribution in [-0.4, -0.2) is 10.1 Å². The molecule has 2 rings (SSSR count). The molecule has 0 aliphatic carbocycles. The van der Waals surface area contributed by atoms with Gasteiger partial charge >= 0.3 is 0 Å². The molecule has 0 fully saturated rings. The lowest BCUT2D eigenvalue weighted by atomic mass is 10.1. The molecule has 0 radical (unpaired) electrons. The summed E-state index contributed by atoms with van der Waals surface area (Å²) in [4.78, 5) is 4.20. The van der Waals surface area contributed by atoms with E-state index in [0.717, 1.165) is 16.8 Å². The van der Waals surface area contributed by atoms with E-state index in [4.69, 9.17) is 0 Å². The van der Waals surface area contributed by atoms with E-state index in [0.29, 0.717) is 0 Å². The number of aromatic nitrogens is 1. The Bertz CT molecular complexity index is 437. The summed E-state index contributed by atoms with van der Waals surface area (Å²) in [7, 11) is 0. The maximum Gasteiger partial charge on any atom is 0.134 e. The second-order valence-corrected chi connectivity index (χ2v) is 3.23. The maximum absolute atomic E-state index is 9.22. The van der Waals surface area contributed by atoms with Crippen LogP contribution in [0.2, 0.25) is 0 Å². The van der Waals surface area contributed by atoms with E-state index in [-0.39, 0.29) is 5.75 Å². The van der Waals surface area contributed by atoms with Crippen molar-refractivity contribution < 1.29 is 5.11 Å². The molecule has 2 nitrogen and oxygen atoms in total. The first-order chi connectivity index (χ1) is 6.77. The zero-order valence-corrected chi connectivity index (χ0v) is 7.94. The smallest absolute Gasteiger partial charge is 0.134 e. The Morgan fingerprint density at radius 3 is 2.50 bits per heavy atom. The van der Waals surface area contributed by atoms with Gasteiger partial charge in [0.05, 0.1) is 11.9 Å². The molecule has 0 atom stereocenters. The Morgan fingerprint density at radius 2 is 1.86 bits per heavy atom. The van der Waals surface area contributed by atoms with Gasteiger partial charge in [0, 0.05) is 5.56 Å². The van der Waals surface area contributed by atoms with Crippen molar-refractivity contribution in [1.29, 1.82) is 0 Å². The summed E-state index contributed by atoms with van der Waals surface area (Å²) in [6, 6.07) is 11.7. The normalized spacial score (nSPS) is 10.1. The fourth-order valence-electron chi connectivity index (χ4n) is 1.46. The average molecular weight is 185 g/mol. The third-order valence-corrected chi connectivity index (χ3v) is 2.11. The summed E-state index contributed by atoms with van der Waals surface area (Å²) in [6.45, 7) is 1.94. The maximum atomic E-state index is 9.22. The average Bonchev–Trinajstić information content (AvgIpc) is 2.19. The zero-order chi connectivity index (χ0) is 9.97. The van der Waals surface area contributed by atoms with Crippen molar-refractivity contribution in [2.75, 3.05) is 0 Å². The molecule has 2 heteroatoms. The zero-order valence-electron chi connectivity index (χ0n) is 7.94. The third kappa shape index (κ3) is 1.59. The number of benzene rings is 1. The molecule has 0 bridgehead atoms. The molecule has 14 heavy (non-hydrogen) atoms. The predicted molar refractivity (Wildman–Crippen MR) is 56.1 cm³/mol. The largest absolute Gasteiger partial charge is 0.506 e. The van der Waals surface area contributed by atoms with E-state index in [1.54, 1.807) is 6.07 Å². The van der Waals surface area contributed by atoms with Crippen LogP contribution in [0.15, 0.2) is 42.6 Å². The molecular weight excluding hydrogens is 174 g/mol. The number of aryl methyl sites for hydroxylation is 1. The number of hydrogen-bond donors (Lipinski definition) is 1. The lowest BCUT2D eigenvalue weighted by Crippen LogP contribution is -1.86. The third-order valence-electron chi connectivity index (χ3n) is 2.11. The Balaban J connectivity index is 2.53. The van der Waals surface area contributed by atoms with Gasteiger partial charge in [-0.2, -0.15) is 0 Å². The number of rotatable bonds is 1. The van der Waals surface area contributed by atoms with Crippen molar-refractivity contribution in [3.8, 4) is 17.0 Å². The van der Waals surface area contributed by atoms with E-state index in [1.165, 1.54) is 6.20 Å². The Hall–Kier alpha value is -1.83. The highest BCUT2D eigenvalue weighted by Gasteiger charge is 2.02. The Morgan fingerprint density at radius 1 is 1.14 bits per heavy atom. The van der Waals surface area contributed by atoms with Gasteiger partial charge in [-0.25, -0.2) is 0 Å². The molecule has 1 aromatic heterocycles. The van der Waals surface area contributed by atoms with Crippen molar-refractivity contribution in [2.24, 2.45) is 0 Å². The number of nitrogens with zero attached hydrogens (tertiary/aromatic N) is 1. The second-order valence-electron chi connectivity index (χ2n) is 3.23. The minimum Gasteiger partial charge on any atom is -0.506 e. The van der Waals surface area contributed by atoms with Gasteiger partial charge in [0.25, 0.3) is 0 Å². The van der Waals surface area contributed by atoms with Crippen molar-refractivity contribution in [3.05, 3.63) is 48.2 Å². The van der Waals surface area contributed by atoms with Gasteiger partial charge in [-0.15, -0.1) is 0 Å². The van der Waals surface area contributed by atoms with Crippen LogP contribution in [0.3, 0.4) is 0 Å². The molecule has 2 aromatic rings. The standard InChI is InChI=1S/C12H11NO/c1-9-7-11(14)8-13-12(9)10-5-3-2-4-6-10/h2-8,14H,1H3. The molecule has 1 N–H and O–H groups in total. The molecule has 1 heterocycles. The first-order valence-electron chi connectivity index (χ1n) is 4.48. The van der Waals surface area contributed by atoms with Crippen LogP contribution in [-0.2, 0) is 0 Å². The molecule has 0 unspecified atom stereocenters. The van der Waals surface area contributed by atoms with Gasteiger partial charge in [0.2, 0.25) is 0 Å². The van der Waals surface area contributed by atoms with Gasteiger partial charge in [0.15, 0.2) is 0 Å². The first kappa shape index (κ1) is 8.75. The molecule has 0 aliphatic heterocycles. The Labute approximate surface area is 82.9 Å². The molecule has 0 spiro atoms. The molecule has 0 saturated carbocycles. The van der Waals surface area contributed by atoms with E-state index < -0.39 is 0 Å².